The molecule has 4 nitrogen and oxygen atoms in total. The van der Waals surface area contributed by atoms with E-state index in [9.17, 15) is 9.90 Å². The molecule has 1 rings (SSSR count). The lowest BCUT2D eigenvalue weighted by Gasteiger charge is -2.16. The fourth-order valence-electron chi connectivity index (χ4n) is 1.15. The molecule has 1 N–H and O–H groups in total. The molecule has 0 spiro atoms. The molecule has 4 heteroatoms. The summed E-state index contributed by atoms with van der Waals surface area (Å²) in [6, 6.07) is 3.03. The van der Waals surface area contributed by atoms with Crippen LogP contribution in [0.2, 0.25) is 0 Å². The van der Waals surface area contributed by atoms with E-state index in [0.717, 1.165) is 6.42 Å². The summed E-state index contributed by atoms with van der Waals surface area (Å²) in [7, 11) is 0. The molecular formula is C10H16N2O2. The van der Waals surface area contributed by atoms with Gasteiger partial charge in [0.25, 0.3) is 5.56 Å². The molecule has 0 aliphatic heterocycles. The summed E-state index contributed by atoms with van der Waals surface area (Å²) in [5.41, 5.74) is -0.171. The molecule has 14 heavy (non-hydrogen) atoms. The van der Waals surface area contributed by atoms with E-state index in [1.807, 2.05) is 13.8 Å². The summed E-state index contributed by atoms with van der Waals surface area (Å²) >= 11 is 0. The SMILES string of the molecule is CCC(C)C(O)Cn1ncccc1=O. The fourth-order valence-corrected chi connectivity index (χ4v) is 1.15. The first-order valence-corrected chi connectivity index (χ1v) is 4.85. The lowest BCUT2D eigenvalue weighted by Crippen LogP contribution is -2.31. The van der Waals surface area contributed by atoms with Gasteiger partial charge in [0.2, 0.25) is 0 Å². The lowest BCUT2D eigenvalue weighted by molar-refractivity contribution is 0.0912. The van der Waals surface area contributed by atoms with Crippen LogP contribution in [0.4, 0.5) is 0 Å². The molecule has 78 valence electrons. The van der Waals surface area contributed by atoms with Gasteiger partial charge in [-0.05, 0) is 12.0 Å². The van der Waals surface area contributed by atoms with Gasteiger partial charge in [-0.15, -0.1) is 0 Å². The van der Waals surface area contributed by atoms with Crippen LogP contribution in [0.15, 0.2) is 23.1 Å². The van der Waals surface area contributed by atoms with Crippen molar-refractivity contribution in [2.24, 2.45) is 5.92 Å². The molecule has 0 fully saturated rings. The van der Waals surface area contributed by atoms with Crippen molar-refractivity contribution in [1.82, 2.24) is 9.78 Å². The maximum Gasteiger partial charge on any atom is 0.266 e. The average molecular weight is 196 g/mol. The van der Waals surface area contributed by atoms with E-state index in [2.05, 4.69) is 5.10 Å². The van der Waals surface area contributed by atoms with Crippen molar-refractivity contribution in [3.63, 3.8) is 0 Å². The second-order valence-corrected chi connectivity index (χ2v) is 3.50. The first kappa shape index (κ1) is 10.9. The van der Waals surface area contributed by atoms with Gasteiger partial charge in [-0.2, -0.15) is 5.10 Å². The van der Waals surface area contributed by atoms with Crippen molar-refractivity contribution >= 4 is 0 Å². The minimum atomic E-state index is -0.507. The largest absolute Gasteiger partial charge is 0.391 e. The molecule has 0 bridgehead atoms. The molecule has 2 atom stereocenters. The van der Waals surface area contributed by atoms with Gasteiger partial charge in [0.1, 0.15) is 0 Å². The smallest absolute Gasteiger partial charge is 0.266 e. The van der Waals surface area contributed by atoms with Crippen LogP contribution in [0, 0.1) is 5.92 Å². The summed E-state index contributed by atoms with van der Waals surface area (Å²) < 4.78 is 1.29. The maximum atomic E-state index is 11.3. The number of aliphatic hydroxyl groups is 1. The van der Waals surface area contributed by atoms with Gasteiger partial charge in [0.15, 0.2) is 0 Å². The molecule has 1 aromatic heterocycles. The average Bonchev–Trinajstić information content (AvgIpc) is 2.20. The topological polar surface area (TPSA) is 55.1 Å². The second-order valence-electron chi connectivity index (χ2n) is 3.50. The summed E-state index contributed by atoms with van der Waals surface area (Å²) in [6.45, 7) is 4.24. The van der Waals surface area contributed by atoms with Crippen LogP contribution < -0.4 is 5.56 Å². The van der Waals surface area contributed by atoms with E-state index < -0.39 is 6.10 Å². The van der Waals surface area contributed by atoms with Gasteiger partial charge in [-0.25, -0.2) is 4.68 Å². The van der Waals surface area contributed by atoms with Crippen LogP contribution in [0.5, 0.6) is 0 Å². The monoisotopic (exact) mass is 196 g/mol. The number of aromatic nitrogens is 2. The third-order valence-electron chi connectivity index (χ3n) is 2.45. The van der Waals surface area contributed by atoms with Crippen molar-refractivity contribution in [1.29, 1.82) is 0 Å². The van der Waals surface area contributed by atoms with Gasteiger partial charge in [0, 0.05) is 12.3 Å². The zero-order chi connectivity index (χ0) is 10.6. The van der Waals surface area contributed by atoms with Crippen LogP contribution in [0.3, 0.4) is 0 Å². The summed E-state index contributed by atoms with van der Waals surface area (Å²) in [4.78, 5) is 11.3. The Morgan fingerprint density at radius 1 is 1.64 bits per heavy atom. The Labute approximate surface area is 83.2 Å². The standard InChI is InChI=1S/C10H16N2O2/c1-3-8(2)9(13)7-12-10(14)5-4-6-11-12/h4-6,8-9,13H,3,7H2,1-2H3. The van der Waals surface area contributed by atoms with Gasteiger partial charge >= 0.3 is 0 Å². The molecule has 0 radical (unpaired) electrons. The van der Waals surface area contributed by atoms with Crippen LogP contribution in [-0.2, 0) is 6.54 Å². The molecule has 0 saturated carbocycles. The normalized spacial score (nSPS) is 15.1. The van der Waals surface area contributed by atoms with E-state index in [0.29, 0.717) is 0 Å². The third-order valence-corrected chi connectivity index (χ3v) is 2.45. The van der Waals surface area contributed by atoms with Crippen LogP contribution >= 0.6 is 0 Å². The number of rotatable bonds is 4. The predicted molar refractivity (Wildman–Crippen MR) is 54.0 cm³/mol. The van der Waals surface area contributed by atoms with Gasteiger partial charge in [0.05, 0.1) is 12.6 Å². The lowest BCUT2D eigenvalue weighted by atomic mass is 10.0. The molecule has 0 saturated heterocycles. The van der Waals surface area contributed by atoms with E-state index in [4.69, 9.17) is 0 Å². The van der Waals surface area contributed by atoms with E-state index in [1.165, 1.54) is 10.7 Å². The van der Waals surface area contributed by atoms with Gasteiger partial charge in [-0.3, -0.25) is 4.79 Å². The second kappa shape index (κ2) is 4.91. The molecule has 0 aliphatic rings. The number of hydrogen-bond donors (Lipinski definition) is 1. The number of hydrogen-bond acceptors (Lipinski definition) is 3. The molecule has 1 aromatic rings. The highest BCUT2D eigenvalue weighted by atomic mass is 16.3. The van der Waals surface area contributed by atoms with Crippen molar-refractivity contribution < 1.29 is 5.11 Å². The quantitative estimate of drug-likeness (QED) is 0.769. The van der Waals surface area contributed by atoms with Crippen LogP contribution in [-0.4, -0.2) is 21.0 Å². The Bertz CT molecular complexity index is 335. The van der Waals surface area contributed by atoms with Crippen molar-refractivity contribution in [3.8, 4) is 0 Å². The Morgan fingerprint density at radius 2 is 2.36 bits per heavy atom. The highest BCUT2D eigenvalue weighted by molar-refractivity contribution is 4.85. The Hall–Kier alpha value is -1.16. The zero-order valence-corrected chi connectivity index (χ0v) is 8.55. The van der Waals surface area contributed by atoms with Crippen molar-refractivity contribution in [3.05, 3.63) is 28.7 Å². The van der Waals surface area contributed by atoms with E-state index in [1.54, 1.807) is 12.3 Å². The molecule has 2 unspecified atom stereocenters. The molecule has 0 aromatic carbocycles. The minimum Gasteiger partial charge on any atom is -0.391 e. The third kappa shape index (κ3) is 2.67. The fraction of sp³-hybridized carbons (Fsp3) is 0.600. The Balaban J connectivity index is 2.69. The molecule has 0 aliphatic carbocycles. The summed E-state index contributed by atoms with van der Waals surface area (Å²) in [5.74, 6) is 0.184. The molecular weight excluding hydrogens is 180 g/mol. The highest BCUT2D eigenvalue weighted by Gasteiger charge is 2.13. The first-order chi connectivity index (χ1) is 6.65. The summed E-state index contributed by atoms with van der Waals surface area (Å²) in [5, 5.41) is 13.6. The predicted octanol–water partition coefficient (Wildman–Crippen LogP) is 0.650. The Kier molecular flexibility index (Phi) is 3.83. The maximum absolute atomic E-state index is 11.3. The highest BCUT2D eigenvalue weighted by Crippen LogP contribution is 2.07. The summed E-state index contributed by atoms with van der Waals surface area (Å²) in [6.07, 6.45) is 1.93. The van der Waals surface area contributed by atoms with E-state index >= 15 is 0 Å². The van der Waals surface area contributed by atoms with Gasteiger partial charge in [-0.1, -0.05) is 20.3 Å². The number of nitrogens with zero attached hydrogens (tertiary/aromatic N) is 2. The van der Waals surface area contributed by atoms with Gasteiger partial charge < -0.3 is 5.11 Å². The molecule has 0 amide bonds. The van der Waals surface area contributed by atoms with Crippen molar-refractivity contribution in [2.45, 2.75) is 32.9 Å². The minimum absolute atomic E-state index is 0.171. The molecule has 1 heterocycles. The van der Waals surface area contributed by atoms with Crippen LogP contribution in [0.25, 0.3) is 0 Å². The van der Waals surface area contributed by atoms with Crippen molar-refractivity contribution in [2.75, 3.05) is 0 Å². The Morgan fingerprint density at radius 3 is 2.93 bits per heavy atom. The zero-order valence-electron chi connectivity index (χ0n) is 8.55. The van der Waals surface area contributed by atoms with Crippen LogP contribution in [0.1, 0.15) is 20.3 Å². The van der Waals surface area contributed by atoms with E-state index in [-0.39, 0.29) is 18.0 Å². The first-order valence-electron chi connectivity index (χ1n) is 4.85. The number of aliphatic hydroxyl groups excluding tert-OH is 1.